The van der Waals surface area contributed by atoms with Crippen molar-refractivity contribution in [2.45, 2.75) is 57.7 Å². The van der Waals surface area contributed by atoms with Crippen molar-refractivity contribution in [2.75, 3.05) is 0 Å². The summed E-state index contributed by atoms with van der Waals surface area (Å²) in [4.78, 5) is 18.7. The Morgan fingerprint density at radius 1 is 1.50 bits per heavy atom. The van der Waals surface area contributed by atoms with Gasteiger partial charge in [0.15, 0.2) is 0 Å². The molecule has 1 amide bonds. The first-order valence-electron chi connectivity index (χ1n) is 6.38. The molecular formula is C13H21N3OS. The molecule has 2 heterocycles. The molecule has 2 rings (SSSR count). The van der Waals surface area contributed by atoms with Gasteiger partial charge < -0.3 is 10.6 Å². The maximum absolute atomic E-state index is 12.4. The summed E-state index contributed by atoms with van der Waals surface area (Å²) in [5.74, 6) is 0.190. The largest absolute Gasteiger partial charge is 0.327 e. The summed E-state index contributed by atoms with van der Waals surface area (Å²) in [6, 6.07) is -0.109. The van der Waals surface area contributed by atoms with E-state index in [2.05, 4.69) is 25.8 Å². The zero-order valence-electron chi connectivity index (χ0n) is 11.2. The van der Waals surface area contributed by atoms with Gasteiger partial charge in [-0.3, -0.25) is 4.79 Å². The topological polar surface area (TPSA) is 59.2 Å². The first-order chi connectivity index (χ1) is 8.41. The smallest absolute Gasteiger partial charge is 0.223 e. The van der Waals surface area contributed by atoms with Crippen molar-refractivity contribution in [2.24, 2.45) is 5.73 Å². The first kappa shape index (κ1) is 13.5. The molecule has 1 aromatic heterocycles. The van der Waals surface area contributed by atoms with E-state index >= 15 is 0 Å². The highest BCUT2D eigenvalue weighted by Gasteiger charge is 2.40. The van der Waals surface area contributed by atoms with Crippen molar-refractivity contribution in [3.05, 3.63) is 16.6 Å². The molecule has 5 heteroatoms. The lowest BCUT2D eigenvalue weighted by atomic mass is 9.98. The summed E-state index contributed by atoms with van der Waals surface area (Å²) in [5, 5.41) is 2.89. The molecule has 1 aliphatic heterocycles. The van der Waals surface area contributed by atoms with Gasteiger partial charge in [-0.1, -0.05) is 0 Å². The molecule has 0 spiro atoms. The van der Waals surface area contributed by atoms with Crippen LogP contribution in [-0.2, 0) is 4.79 Å². The Balaban J connectivity index is 2.43. The minimum absolute atomic E-state index is 0.0261. The van der Waals surface area contributed by atoms with Gasteiger partial charge in [-0.25, -0.2) is 4.98 Å². The van der Waals surface area contributed by atoms with Crippen LogP contribution in [0.1, 0.15) is 51.1 Å². The predicted molar refractivity (Wildman–Crippen MR) is 73.3 cm³/mol. The van der Waals surface area contributed by atoms with E-state index < -0.39 is 0 Å². The first-order valence-corrected chi connectivity index (χ1v) is 7.26. The number of nitrogens with zero attached hydrogens (tertiary/aromatic N) is 2. The highest BCUT2D eigenvalue weighted by atomic mass is 32.1. The van der Waals surface area contributed by atoms with Gasteiger partial charge in [0.1, 0.15) is 5.01 Å². The van der Waals surface area contributed by atoms with Crippen molar-refractivity contribution in [3.8, 4) is 0 Å². The summed E-state index contributed by atoms with van der Waals surface area (Å²) in [6.07, 6.45) is 4.12. The molecule has 1 aliphatic rings. The molecule has 0 aromatic carbocycles. The molecular weight excluding hydrogens is 246 g/mol. The third-order valence-corrected chi connectivity index (χ3v) is 4.15. The summed E-state index contributed by atoms with van der Waals surface area (Å²) < 4.78 is 0. The fourth-order valence-corrected chi connectivity index (χ4v) is 3.38. The van der Waals surface area contributed by atoms with Crippen molar-refractivity contribution >= 4 is 17.2 Å². The van der Waals surface area contributed by atoms with E-state index in [1.54, 1.807) is 17.5 Å². The van der Waals surface area contributed by atoms with Crippen LogP contribution in [0.3, 0.4) is 0 Å². The van der Waals surface area contributed by atoms with Crippen molar-refractivity contribution in [3.63, 3.8) is 0 Å². The van der Waals surface area contributed by atoms with Gasteiger partial charge in [0.05, 0.1) is 6.04 Å². The highest BCUT2D eigenvalue weighted by molar-refractivity contribution is 7.09. The van der Waals surface area contributed by atoms with Crippen LogP contribution in [0, 0.1) is 0 Å². The normalized spacial score (nSPS) is 26.2. The number of hydrogen-bond acceptors (Lipinski definition) is 4. The summed E-state index contributed by atoms with van der Waals surface area (Å²) >= 11 is 1.58. The van der Waals surface area contributed by atoms with Crippen LogP contribution in [0.5, 0.6) is 0 Å². The Morgan fingerprint density at radius 3 is 2.78 bits per heavy atom. The van der Waals surface area contributed by atoms with Gasteiger partial charge in [0.2, 0.25) is 5.91 Å². The van der Waals surface area contributed by atoms with Gasteiger partial charge in [-0.05, 0) is 33.6 Å². The molecule has 0 aliphatic carbocycles. The van der Waals surface area contributed by atoms with Crippen LogP contribution in [0.2, 0.25) is 0 Å². The fraction of sp³-hybridized carbons (Fsp3) is 0.692. The average Bonchev–Trinajstić information content (AvgIpc) is 2.71. The molecule has 0 bridgehead atoms. The number of likely N-dealkylation sites (tertiary alicyclic amines) is 1. The van der Waals surface area contributed by atoms with Crippen LogP contribution < -0.4 is 5.73 Å². The standard InChI is InChI=1S/C13H21N3OS/c1-13(2,3)16-10(17)6-4-5-9(14)11(16)12-15-7-8-18-12/h7-9,11H,4-6,14H2,1-3H3. The third kappa shape index (κ3) is 2.57. The summed E-state index contributed by atoms with van der Waals surface area (Å²) in [6.45, 7) is 6.18. The minimum atomic E-state index is -0.227. The quantitative estimate of drug-likeness (QED) is 0.849. The molecule has 18 heavy (non-hydrogen) atoms. The highest BCUT2D eigenvalue weighted by Crippen LogP contribution is 2.36. The number of nitrogens with two attached hydrogens (primary N) is 1. The molecule has 100 valence electrons. The Hall–Kier alpha value is -0.940. The van der Waals surface area contributed by atoms with Gasteiger partial charge >= 0.3 is 0 Å². The summed E-state index contributed by atoms with van der Waals surface area (Å²) in [5.41, 5.74) is 6.07. The molecule has 1 fully saturated rings. The number of aromatic nitrogens is 1. The lowest BCUT2D eigenvalue weighted by Gasteiger charge is -2.42. The Bertz CT molecular complexity index is 410. The van der Waals surface area contributed by atoms with Crippen molar-refractivity contribution < 1.29 is 4.79 Å². The monoisotopic (exact) mass is 267 g/mol. The molecule has 2 unspecified atom stereocenters. The molecule has 0 radical (unpaired) electrons. The van der Waals surface area contributed by atoms with Crippen LogP contribution in [-0.4, -0.2) is 27.4 Å². The van der Waals surface area contributed by atoms with E-state index in [1.807, 2.05) is 10.3 Å². The zero-order chi connectivity index (χ0) is 13.3. The average molecular weight is 267 g/mol. The number of carbonyl (C=O) groups excluding carboxylic acids is 1. The van der Waals surface area contributed by atoms with Crippen LogP contribution >= 0.6 is 11.3 Å². The minimum Gasteiger partial charge on any atom is -0.327 e. The number of amides is 1. The lowest BCUT2D eigenvalue weighted by molar-refractivity contribution is -0.139. The van der Waals surface area contributed by atoms with E-state index in [-0.39, 0.29) is 23.5 Å². The molecule has 2 atom stereocenters. The number of hydrogen-bond donors (Lipinski definition) is 1. The van der Waals surface area contributed by atoms with E-state index in [0.717, 1.165) is 17.8 Å². The second-order valence-electron chi connectivity index (χ2n) is 5.81. The van der Waals surface area contributed by atoms with Gasteiger partial charge in [0.25, 0.3) is 0 Å². The second-order valence-corrected chi connectivity index (χ2v) is 6.73. The van der Waals surface area contributed by atoms with E-state index in [9.17, 15) is 4.79 Å². The van der Waals surface area contributed by atoms with Gasteiger partial charge in [0, 0.05) is 29.6 Å². The molecule has 2 N–H and O–H groups in total. The Labute approximate surface area is 112 Å². The number of thiazole rings is 1. The van der Waals surface area contributed by atoms with Crippen molar-refractivity contribution in [1.29, 1.82) is 0 Å². The van der Waals surface area contributed by atoms with Gasteiger partial charge in [-0.15, -0.1) is 11.3 Å². The predicted octanol–water partition coefficient (Wildman–Crippen LogP) is 2.32. The van der Waals surface area contributed by atoms with E-state index in [0.29, 0.717) is 6.42 Å². The Morgan fingerprint density at radius 2 is 2.22 bits per heavy atom. The second kappa shape index (κ2) is 4.97. The SMILES string of the molecule is CC(C)(C)N1C(=O)CCCC(N)C1c1nccs1. The van der Waals surface area contributed by atoms with Crippen LogP contribution in [0.15, 0.2) is 11.6 Å². The maximum atomic E-state index is 12.4. The molecule has 1 saturated heterocycles. The van der Waals surface area contributed by atoms with Gasteiger partial charge in [-0.2, -0.15) is 0 Å². The third-order valence-electron chi connectivity index (χ3n) is 3.31. The Kier molecular flexibility index (Phi) is 3.73. The maximum Gasteiger partial charge on any atom is 0.223 e. The number of rotatable bonds is 1. The fourth-order valence-electron chi connectivity index (χ4n) is 2.58. The van der Waals surface area contributed by atoms with Crippen LogP contribution in [0.25, 0.3) is 0 Å². The summed E-state index contributed by atoms with van der Waals surface area (Å²) in [7, 11) is 0. The van der Waals surface area contributed by atoms with E-state index in [4.69, 9.17) is 5.73 Å². The van der Waals surface area contributed by atoms with Crippen LogP contribution in [0.4, 0.5) is 0 Å². The van der Waals surface area contributed by atoms with Crippen molar-refractivity contribution in [1.82, 2.24) is 9.88 Å². The molecule has 0 saturated carbocycles. The number of carbonyl (C=O) groups is 1. The molecule has 1 aromatic rings. The zero-order valence-corrected chi connectivity index (χ0v) is 12.0. The molecule has 4 nitrogen and oxygen atoms in total. The van der Waals surface area contributed by atoms with E-state index in [1.165, 1.54) is 0 Å². The lowest BCUT2D eigenvalue weighted by Crippen LogP contribution is -2.51.